The third-order valence-electron chi connectivity index (χ3n) is 4.80. The first-order valence-electron chi connectivity index (χ1n) is 10.4. The van der Waals surface area contributed by atoms with Crippen molar-refractivity contribution in [3.05, 3.63) is 106 Å². The molecule has 0 saturated heterocycles. The number of hydrogen-bond donors (Lipinski definition) is 2. The van der Waals surface area contributed by atoms with E-state index in [1.165, 1.54) is 0 Å². The molecule has 33 heavy (non-hydrogen) atoms. The van der Waals surface area contributed by atoms with Gasteiger partial charge in [-0.2, -0.15) is 0 Å². The lowest BCUT2D eigenvalue weighted by atomic mass is 10.1. The zero-order valence-electron chi connectivity index (χ0n) is 17.9. The van der Waals surface area contributed by atoms with E-state index in [0.29, 0.717) is 16.3 Å². The normalized spacial score (nSPS) is 11.4. The fourth-order valence-corrected chi connectivity index (χ4v) is 3.74. The Morgan fingerprint density at radius 1 is 0.909 bits per heavy atom. The van der Waals surface area contributed by atoms with Gasteiger partial charge in [0.1, 0.15) is 12.4 Å². The van der Waals surface area contributed by atoms with Crippen LogP contribution in [0.5, 0.6) is 5.75 Å². The van der Waals surface area contributed by atoms with Crippen LogP contribution in [0.25, 0.3) is 0 Å². The summed E-state index contributed by atoms with van der Waals surface area (Å²) in [6.07, 6.45) is 0. The van der Waals surface area contributed by atoms with Crippen LogP contribution in [0.1, 0.15) is 43.7 Å². The van der Waals surface area contributed by atoms with Crippen LogP contribution >= 0.6 is 11.3 Å². The van der Waals surface area contributed by atoms with E-state index < -0.39 is 5.91 Å². The molecule has 0 aliphatic heterocycles. The maximum atomic E-state index is 12.7. The maximum Gasteiger partial charge on any atom is 0.286 e. The van der Waals surface area contributed by atoms with Gasteiger partial charge in [0.15, 0.2) is 5.01 Å². The zero-order chi connectivity index (χ0) is 23.0. The van der Waals surface area contributed by atoms with Crippen LogP contribution in [0.3, 0.4) is 0 Å². The predicted molar refractivity (Wildman–Crippen MR) is 127 cm³/mol. The first kappa shape index (κ1) is 22.2. The number of carbonyl (C=O) groups is 2. The molecule has 0 bridgehead atoms. The van der Waals surface area contributed by atoms with Crippen LogP contribution in [0.2, 0.25) is 0 Å². The first-order chi connectivity index (χ1) is 16.1. The summed E-state index contributed by atoms with van der Waals surface area (Å²) in [5, 5.41) is 14.5. The van der Waals surface area contributed by atoms with Crippen LogP contribution in [0, 0.1) is 0 Å². The molecule has 166 valence electrons. The molecule has 0 saturated carbocycles. The van der Waals surface area contributed by atoms with Crippen molar-refractivity contribution < 1.29 is 14.3 Å². The van der Waals surface area contributed by atoms with Crippen LogP contribution in [0.15, 0.2) is 84.9 Å². The Morgan fingerprint density at radius 3 is 2.39 bits per heavy atom. The lowest BCUT2D eigenvalue weighted by Crippen LogP contribution is -2.26. The van der Waals surface area contributed by atoms with Crippen LogP contribution in [-0.4, -0.2) is 22.0 Å². The Kier molecular flexibility index (Phi) is 7.06. The number of para-hydroxylation sites is 1. The highest BCUT2D eigenvalue weighted by atomic mass is 32.1. The molecule has 0 aliphatic rings. The molecule has 8 heteroatoms. The largest absolute Gasteiger partial charge is 0.486 e. The SMILES string of the molecule is C[C@@H](NC(=O)c1cccc(NC(=O)c2nnc(COc3ccccc3)s2)c1)c1ccccc1. The third-order valence-corrected chi connectivity index (χ3v) is 5.69. The van der Waals surface area contributed by atoms with Crippen molar-refractivity contribution in [2.24, 2.45) is 0 Å². The highest BCUT2D eigenvalue weighted by Crippen LogP contribution is 2.18. The van der Waals surface area contributed by atoms with Gasteiger partial charge >= 0.3 is 0 Å². The first-order valence-corrected chi connectivity index (χ1v) is 11.2. The predicted octanol–water partition coefficient (Wildman–Crippen LogP) is 4.86. The quantitative estimate of drug-likeness (QED) is 0.393. The van der Waals surface area contributed by atoms with Gasteiger partial charge in [0.2, 0.25) is 5.01 Å². The summed E-state index contributed by atoms with van der Waals surface area (Å²) >= 11 is 1.16. The molecule has 4 aromatic rings. The molecule has 0 fully saturated rings. The van der Waals surface area contributed by atoms with E-state index in [4.69, 9.17) is 4.74 Å². The van der Waals surface area contributed by atoms with E-state index in [9.17, 15) is 9.59 Å². The fraction of sp³-hybridized carbons (Fsp3) is 0.120. The second-order valence-corrected chi connectivity index (χ2v) is 8.31. The number of ether oxygens (including phenoxy) is 1. The van der Waals surface area contributed by atoms with Gasteiger partial charge in [0.05, 0.1) is 6.04 Å². The molecule has 0 radical (unpaired) electrons. The van der Waals surface area contributed by atoms with Crippen LogP contribution < -0.4 is 15.4 Å². The van der Waals surface area contributed by atoms with Gasteiger partial charge in [0, 0.05) is 11.3 Å². The molecule has 3 aromatic carbocycles. The Morgan fingerprint density at radius 2 is 1.64 bits per heavy atom. The van der Waals surface area contributed by atoms with Crippen molar-refractivity contribution in [3.63, 3.8) is 0 Å². The van der Waals surface area contributed by atoms with Crippen molar-refractivity contribution in [2.75, 3.05) is 5.32 Å². The van der Waals surface area contributed by atoms with E-state index in [1.54, 1.807) is 24.3 Å². The van der Waals surface area contributed by atoms with Crippen molar-refractivity contribution in [3.8, 4) is 5.75 Å². The minimum absolute atomic E-state index is 0.144. The van der Waals surface area contributed by atoms with E-state index in [2.05, 4.69) is 20.8 Å². The number of hydrogen-bond acceptors (Lipinski definition) is 6. The molecular formula is C25H22N4O3S. The monoisotopic (exact) mass is 458 g/mol. The number of nitrogens with one attached hydrogen (secondary N) is 2. The summed E-state index contributed by atoms with van der Waals surface area (Å²) in [7, 11) is 0. The third kappa shape index (κ3) is 6.02. The van der Waals surface area contributed by atoms with Gasteiger partial charge in [-0.25, -0.2) is 0 Å². The summed E-state index contributed by atoms with van der Waals surface area (Å²) < 4.78 is 5.64. The number of amides is 2. The number of carbonyl (C=O) groups excluding carboxylic acids is 2. The van der Waals surface area contributed by atoms with Gasteiger partial charge in [-0.3, -0.25) is 9.59 Å². The minimum Gasteiger partial charge on any atom is -0.486 e. The second-order valence-electron chi connectivity index (χ2n) is 7.24. The van der Waals surface area contributed by atoms with Crippen LogP contribution in [-0.2, 0) is 6.61 Å². The number of benzene rings is 3. The average molecular weight is 459 g/mol. The van der Waals surface area contributed by atoms with Gasteiger partial charge in [-0.1, -0.05) is 65.9 Å². The van der Waals surface area contributed by atoms with Crippen molar-refractivity contribution in [1.29, 1.82) is 0 Å². The molecule has 7 nitrogen and oxygen atoms in total. The maximum absolute atomic E-state index is 12.7. The molecule has 0 spiro atoms. The lowest BCUT2D eigenvalue weighted by Gasteiger charge is -2.14. The number of rotatable bonds is 8. The average Bonchev–Trinajstić information content (AvgIpc) is 3.33. The summed E-state index contributed by atoms with van der Waals surface area (Å²) in [5.74, 6) is 0.0998. The van der Waals surface area contributed by atoms with E-state index in [1.807, 2.05) is 67.6 Å². The molecule has 4 rings (SSSR count). The fourth-order valence-electron chi connectivity index (χ4n) is 3.09. The molecule has 0 aliphatic carbocycles. The molecular weight excluding hydrogens is 436 g/mol. The Balaban J connectivity index is 1.35. The number of aromatic nitrogens is 2. The topological polar surface area (TPSA) is 93.2 Å². The van der Waals surface area contributed by atoms with Gasteiger partial charge in [-0.05, 0) is 42.8 Å². The Labute approximate surface area is 195 Å². The number of nitrogens with zero attached hydrogens (tertiary/aromatic N) is 2. The minimum atomic E-state index is -0.395. The smallest absolute Gasteiger partial charge is 0.286 e. The Bertz CT molecular complexity index is 1230. The van der Waals surface area contributed by atoms with E-state index in [0.717, 1.165) is 22.6 Å². The summed E-state index contributed by atoms with van der Waals surface area (Å²) in [6.45, 7) is 2.15. The zero-order valence-corrected chi connectivity index (χ0v) is 18.7. The van der Waals surface area contributed by atoms with E-state index in [-0.39, 0.29) is 23.6 Å². The van der Waals surface area contributed by atoms with Crippen molar-refractivity contribution >= 4 is 28.8 Å². The van der Waals surface area contributed by atoms with Crippen LogP contribution in [0.4, 0.5) is 5.69 Å². The molecule has 1 aromatic heterocycles. The van der Waals surface area contributed by atoms with E-state index >= 15 is 0 Å². The van der Waals surface area contributed by atoms with Crippen molar-refractivity contribution in [1.82, 2.24) is 15.5 Å². The summed E-state index contributed by atoms with van der Waals surface area (Å²) in [5.41, 5.74) is 1.96. The Hall–Kier alpha value is -4.04. The number of anilines is 1. The lowest BCUT2D eigenvalue weighted by molar-refractivity contribution is 0.0938. The standard InChI is InChI=1S/C25H22N4O3S/c1-17(18-9-4-2-5-10-18)26-23(30)19-11-8-12-20(15-19)27-24(31)25-29-28-22(33-25)16-32-21-13-6-3-7-14-21/h2-15,17H,16H2,1H3,(H,26,30)(H,27,31)/t17-/m1/s1. The van der Waals surface area contributed by atoms with Gasteiger partial charge in [0.25, 0.3) is 11.8 Å². The highest BCUT2D eigenvalue weighted by Gasteiger charge is 2.15. The summed E-state index contributed by atoms with van der Waals surface area (Å²) in [4.78, 5) is 25.3. The molecule has 1 atom stereocenters. The van der Waals surface area contributed by atoms with Crippen molar-refractivity contribution in [2.45, 2.75) is 19.6 Å². The summed E-state index contributed by atoms with van der Waals surface area (Å²) in [6, 6.07) is 25.7. The molecule has 1 heterocycles. The highest BCUT2D eigenvalue weighted by molar-refractivity contribution is 7.13. The second kappa shape index (κ2) is 10.5. The molecule has 2 amide bonds. The molecule has 2 N–H and O–H groups in total. The van der Waals surface area contributed by atoms with Gasteiger partial charge < -0.3 is 15.4 Å². The molecule has 0 unspecified atom stereocenters. The van der Waals surface area contributed by atoms with Gasteiger partial charge in [-0.15, -0.1) is 10.2 Å².